The number of piperidine rings is 1. The molecule has 114 valence electrons. The molecule has 1 saturated heterocycles. The van der Waals surface area contributed by atoms with E-state index in [1.807, 2.05) is 32.2 Å². The van der Waals surface area contributed by atoms with Crippen molar-refractivity contribution in [2.24, 2.45) is 5.41 Å². The predicted molar refractivity (Wildman–Crippen MR) is 86.8 cm³/mol. The van der Waals surface area contributed by atoms with Gasteiger partial charge in [-0.05, 0) is 61.8 Å². The average molecular weight is 286 g/mol. The van der Waals surface area contributed by atoms with Crippen LogP contribution in [-0.2, 0) is 0 Å². The number of anilines is 1. The molecule has 0 aromatic heterocycles. The van der Waals surface area contributed by atoms with Crippen molar-refractivity contribution in [2.75, 3.05) is 25.5 Å². The van der Waals surface area contributed by atoms with E-state index in [9.17, 15) is 4.79 Å². The molecule has 3 heteroatoms. The van der Waals surface area contributed by atoms with Crippen molar-refractivity contribution in [2.45, 2.75) is 45.4 Å². The largest absolute Gasteiger partial charge is 0.388 e. The van der Waals surface area contributed by atoms with E-state index in [0.29, 0.717) is 5.41 Å². The second kappa shape index (κ2) is 5.70. The second-order valence-corrected chi connectivity index (χ2v) is 6.78. The van der Waals surface area contributed by atoms with Gasteiger partial charge in [0.1, 0.15) is 0 Å². The van der Waals surface area contributed by atoms with Crippen molar-refractivity contribution in [3.63, 3.8) is 0 Å². The van der Waals surface area contributed by atoms with Crippen molar-refractivity contribution in [3.05, 3.63) is 29.3 Å². The Labute approximate surface area is 127 Å². The van der Waals surface area contributed by atoms with Gasteiger partial charge in [0.2, 0.25) is 0 Å². The number of nitrogens with zero attached hydrogens (tertiary/aromatic N) is 1. The van der Waals surface area contributed by atoms with Crippen LogP contribution in [-0.4, -0.2) is 30.9 Å². The van der Waals surface area contributed by atoms with Gasteiger partial charge < -0.3 is 10.2 Å². The third kappa shape index (κ3) is 2.78. The Morgan fingerprint density at radius 2 is 1.81 bits per heavy atom. The van der Waals surface area contributed by atoms with Gasteiger partial charge in [0, 0.05) is 31.4 Å². The highest BCUT2D eigenvalue weighted by Crippen LogP contribution is 2.46. The summed E-state index contributed by atoms with van der Waals surface area (Å²) in [4.78, 5) is 14.7. The minimum absolute atomic E-state index is 0.202. The number of aryl methyl sites for hydroxylation is 1. The summed E-state index contributed by atoms with van der Waals surface area (Å²) in [6.45, 7) is 3.92. The summed E-state index contributed by atoms with van der Waals surface area (Å²) in [5, 5.41) is 3.15. The lowest BCUT2D eigenvalue weighted by atomic mass is 9.77. The fraction of sp³-hybridized carbons (Fsp3) is 0.611. The Bertz CT molecular complexity index is 522. The van der Waals surface area contributed by atoms with Crippen molar-refractivity contribution in [3.8, 4) is 0 Å². The molecular formula is C18H26N2O. The molecule has 1 aliphatic carbocycles. The topological polar surface area (TPSA) is 32.3 Å². The van der Waals surface area contributed by atoms with Gasteiger partial charge in [0.15, 0.2) is 0 Å². The fourth-order valence-corrected chi connectivity index (χ4v) is 4.07. The van der Waals surface area contributed by atoms with Crippen LogP contribution in [0, 0.1) is 12.3 Å². The van der Waals surface area contributed by atoms with E-state index in [0.717, 1.165) is 29.9 Å². The van der Waals surface area contributed by atoms with Crippen molar-refractivity contribution in [1.29, 1.82) is 0 Å². The van der Waals surface area contributed by atoms with Crippen molar-refractivity contribution >= 4 is 11.6 Å². The molecule has 1 heterocycles. The molecular weight excluding hydrogens is 260 g/mol. The minimum atomic E-state index is 0.202. The molecule has 1 N–H and O–H groups in total. The number of hydrogen-bond donors (Lipinski definition) is 1. The summed E-state index contributed by atoms with van der Waals surface area (Å²) in [7, 11) is 1.91. The first-order chi connectivity index (χ1) is 10.1. The van der Waals surface area contributed by atoms with Crippen molar-refractivity contribution < 1.29 is 4.79 Å². The molecule has 1 aromatic carbocycles. The van der Waals surface area contributed by atoms with Crippen LogP contribution in [0.2, 0.25) is 0 Å². The molecule has 1 aromatic rings. The Kier molecular flexibility index (Phi) is 3.92. The normalized spacial score (nSPS) is 20.8. The van der Waals surface area contributed by atoms with Gasteiger partial charge in [0.25, 0.3) is 5.91 Å². The second-order valence-electron chi connectivity index (χ2n) is 6.78. The van der Waals surface area contributed by atoms with Crippen LogP contribution in [0.25, 0.3) is 0 Å². The summed E-state index contributed by atoms with van der Waals surface area (Å²) in [5.41, 5.74) is 3.62. The van der Waals surface area contributed by atoms with Crippen LogP contribution in [0.1, 0.15) is 54.4 Å². The molecule has 2 aliphatic rings. The number of amides is 1. The predicted octanol–water partition coefficient (Wildman–Crippen LogP) is 3.83. The molecule has 2 fully saturated rings. The van der Waals surface area contributed by atoms with E-state index < -0.39 is 0 Å². The standard InChI is InChI=1S/C18H26N2O/c1-14-13-15(5-6-16(14)19-2)17(21)20-11-9-18(10-12-20)7-3-4-8-18/h5-6,13,19H,3-4,7-12H2,1-2H3. The molecule has 1 saturated carbocycles. The monoisotopic (exact) mass is 286 g/mol. The highest BCUT2D eigenvalue weighted by Gasteiger charge is 2.38. The Morgan fingerprint density at radius 1 is 1.14 bits per heavy atom. The van der Waals surface area contributed by atoms with Gasteiger partial charge in [-0.15, -0.1) is 0 Å². The Hall–Kier alpha value is -1.51. The molecule has 0 bridgehead atoms. The minimum Gasteiger partial charge on any atom is -0.388 e. The third-order valence-corrected chi connectivity index (χ3v) is 5.52. The zero-order valence-corrected chi connectivity index (χ0v) is 13.2. The lowest BCUT2D eigenvalue weighted by Crippen LogP contribution is -2.42. The molecule has 3 nitrogen and oxygen atoms in total. The number of rotatable bonds is 2. The third-order valence-electron chi connectivity index (χ3n) is 5.52. The summed E-state index contributed by atoms with van der Waals surface area (Å²) in [6, 6.07) is 5.96. The van der Waals surface area contributed by atoms with Crippen molar-refractivity contribution in [1.82, 2.24) is 4.90 Å². The number of benzene rings is 1. The highest BCUT2D eigenvalue weighted by atomic mass is 16.2. The van der Waals surface area contributed by atoms with Gasteiger partial charge in [-0.25, -0.2) is 0 Å². The Balaban J connectivity index is 1.67. The number of carbonyl (C=O) groups excluding carboxylic acids is 1. The summed E-state index contributed by atoms with van der Waals surface area (Å²) in [6.07, 6.45) is 7.94. The van der Waals surface area contributed by atoms with Crippen LogP contribution in [0.4, 0.5) is 5.69 Å². The van der Waals surface area contributed by atoms with Gasteiger partial charge >= 0.3 is 0 Å². The molecule has 21 heavy (non-hydrogen) atoms. The first-order valence-electron chi connectivity index (χ1n) is 8.21. The van der Waals surface area contributed by atoms with Crippen LogP contribution in [0.3, 0.4) is 0 Å². The summed E-state index contributed by atoms with van der Waals surface area (Å²) in [5.74, 6) is 0.202. The molecule has 1 aliphatic heterocycles. The first-order valence-corrected chi connectivity index (χ1v) is 8.21. The molecule has 0 atom stereocenters. The quantitative estimate of drug-likeness (QED) is 0.896. The molecule has 0 radical (unpaired) electrons. The molecule has 1 amide bonds. The van der Waals surface area contributed by atoms with Gasteiger partial charge in [-0.1, -0.05) is 12.8 Å². The zero-order chi connectivity index (χ0) is 14.9. The van der Waals surface area contributed by atoms with E-state index in [2.05, 4.69) is 10.2 Å². The maximum absolute atomic E-state index is 12.7. The molecule has 1 spiro atoms. The van der Waals surface area contributed by atoms with Crippen LogP contribution < -0.4 is 5.32 Å². The molecule has 0 unspecified atom stereocenters. The first kappa shape index (κ1) is 14.4. The maximum Gasteiger partial charge on any atom is 0.253 e. The van der Waals surface area contributed by atoms with Crippen LogP contribution in [0.5, 0.6) is 0 Å². The van der Waals surface area contributed by atoms with Gasteiger partial charge in [0.05, 0.1) is 0 Å². The SMILES string of the molecule is CNc1ccc(C(=O)N2CCC3(CCCC3)CC2)cc1C. The van der Waals surface area contributed by atoms with Crippen LogP contribution >= 0.6 is 0 Å². The number of carbonyl (C=O) groups is 1. The van der Waals surface area contributed by atoms with E-state index in [1.54, 1.807) is 0 Å². The summed E-state index contributed by atoms with van der Waals surface area (Å²) >= 11 is 0. The smallest absolute Gasteiger partial charge is 0.253 e. The van der Waals surface area contributed by atoms with Gasteiger partial charge in [-0.3, -0.25) is 4.79 Å². The van der Waals surface area contributed by atoms with E-state index in [-0.39, 0.29) is 5.91 Å². The fourth-order valence-electron chi connectivity index (χ4n) is 4.07. The number of likely N-dealkylation sites (tertiary alicyclic amines) is 1. The summed E-state index contributed by atoms with van der Waals surface area (Å²) < 4.78 is 0. The highest BCUT2D eigenvalue weighted by molar-refractivity contribution is 5.95. The van der Waals surface area contributed by atoms with E-state index in [1.165, 1.54) is 38.5 Å². The van der Waals surface area contributed by atoms with E-state index >= 15 is 0 Å². The lowest BCUT2D eigenvalue weighted by molar-refractivity contribution is 0.0587. The van der Waals surface area contributed by atoms with Gasteiger partial charge in [-0.2, -0.15) is 0 Å². The average Bonchev–Trinajstić information content (AvgIpc) is 2.95. The lowest BCUT2D eigenvalue weighted by Gasteiger charge is -2.39. The van der Waals surface area contributed by atoms with Crippen LogP contribution in [0.15, 0.2) is 18.2 Å². The zero-order valence-electron chi connectivity index (χ0n) is 13.2. The molecule has 3 rings (SSSR count). The number of hydrogen-bond acceptors (Lipinski definition) is 2. The maximum atomic E-state index is 12.7. The number of nitrogens with one attached hydrogen (secondary N) is 1. The van der Waals surface area contributed by atoms with E-state index in [4.69, 9.17) is 0 Å². The Morgan fingerprint density at radius 3 is 2.38 bits per heavy atom.